The summed E-state index contributed by atoms with van der Waals surface area (Å²) in [6, 6.07) is 14.8. The molecule has 1 unspecified atom stereocenters. The van der Waals surface area contributed by atoms with Crippen molar-refractivity contribution in [2.75, 3.05) is 18.9 Å². The number of nitrogens with two attached hydrogens (primary N) is 1. The first-order valence-electron chi connectivity index (χ1n) is 6.18. The zero-order chi connectivity index (χ0) is 13.1. The van der Waals surface area contributed by atoms with Crippen molar-refractivity contribution in [1.29, 1.82) is 0 Å². The van der Waals surface area contributed by atoms with Gasteiger partial charge in [0.1, 0.15) is 18.5 Å². The highest BCUT2D eigenvalue weighted by Crippen LogP contribution is 2.32. The van der Waals surface area contributed by atoms with Gasteiger partial charge in [-0.3, -0.25) is 0 Å². The number of benzene rings is 2. The minimum Gasteiger partial charge on any atom is -0.487 e. The van der Waals surface area contributed by atoms with Crippen LogP contribution in [-0.4, -0.2) is 19.3 Å². The number of para-hydroxylation sites is 2. The van der Waals surface area contributed by atoms with Gasteiger partial charge in [0.2, 0.25) is 0 Å². The molecule has 2 aromatic rings. The topological polar surface area (TPSA) is 57.0 Å². The minimum absolute atomic E-state index is 0.226. The van der Waals surface area contributed by atoms with Gasteiger partial charge in [0.05, 0.1) is 6.61 Å². The molecule has 0 saturated carbocycles. The van der Waals surface area contributed by atoms with Crippen LogP contribution >= 0.6 is 0 Å². The normalized spacial score (nSPS) is 16.9. The summed E-state index contributed by atoms with van der Waals surface area (Å²) in [5.74, 6) is 2.13. The fourth-order valence-corrected chi connectivity index (χ4v) is 1.66. The summed E-state index contributed by atoms with van der Waals surface area (Å²) in [6.45, 7) is 1.34. The van der Waals surface area contributed by atoms with Crippen molar-refractivity contribution in [3.05, 3.63) is 48.5 Å². The molecule has 0 amide bonds. The van der Waals surface area contributed by atoms with E-state index >= 15 is 0 Å². The van der Waals surface area contributed by atoms with Crippen LogP contribution in [0, 0.1) is 0 Å². The molecule has 2 aromatic carbocycles. The van der Waals surface area contributed by atoms with E-state index < -0.39 is 0 Å². The van der Waals surface area contributed by atoms with E-state index in [0.29, 0.717) is 18.0 Å². The summed E-state index contributed by atoms with van der Waals surface area (Å²) in [6.07, 6.45) is 0.226. The molecule has 0 radical (unpaired) electrons. The molecule has 1 atom stereocenters. The van der Waals surface area contributed by atoms with Gasteiger partial charge in [-0.05, 0) is 36.4 Å². The van der Waals surface area contributed by atoms with E-state index in [2.05, 4.69) is 0 Å². The minimum atomic E-state index is 0.226. The summed E-state index contributed by atoms with van der Waals surface area (Å²) in [5.41, 5.74) is 6.35. The predicted octanol–water partition coefficient (Wildman–Crippen LogP) is 2.84. The number of hydrogen-bond donors (Lipinski definition) is 1. The van der Waals surface area contributed by atoms with Crippen LogP contribution in [-0.2, 0) is 4.74 Å². The molecule has 4 heteroatoms. The van der Waals surface area contributed by atoms with Crippen molar-refractivity contribution in [1.82, 2.24) is 0 Å². The molecule has 0 aromatic heterocycles. The molecule has 0 aliphatic carbocycles. The third-order valence-electron chi connectivity index (χ3n) is 2.78. The third-order valence-corrected chi connectivity index (χ3v) is 2.78. The van der Waals surface area contributed by atoms with E-state index in [1.165, 1.54) is 0 Å². The molecule has 3 rings (SSSR count). The number of anilines is 1. The average molecular weight is 257 g/mol. The van der Waals surface area contributed by atoms with E-state index in [1.54, 1.807) is 12.1 Å². The van der Waals surface area contributed by atoms with Gasteiger partial charge in [-0.15, -0.1) is 0 Å². The van der Waals surface area contributed by atoms with Gasteiger partial charge in [0.15, 0.2) is 11.5 Å². The lowest BCUT2D eigenvalue weighted by Crippen LogP contribution is -2.04. The van der Waals surface area contributed by atoms with Crippen LogP contribution in [0.25, 0.3) is 0 Å². The lowest BCUT2D eigenvalue weighted by atomic mass is 10.3. The first kappa shape index (κ1) is 11.9. The molecule has 1 aliphatic heterocycles. The molecular formula is C15H15NO3. The summed E-state index contributed by atoms with van der Waals surface area (Å²) in [5, 5.41) is 0. The first-order valence-corrected chi connectivity index (χ1v) is 6.18. The van der Waals surface area contributed by atoms with Crippen LogP contribution < -0.4 is 15.2 Å². The molecule has 1 aliphatic rings. The molecule has 1 fully saturated rings. The van der Waals surface area contributed by atoms with Crippen LogP contribution in [0.4, 0.5) is 5.69 Å². The van der Waals surface area contributed by atoms with Crippen molar-refractivity contribution < 1.29 is 14.2 Å². The Hall–Kier alpha value is -2.20. The second-order valence-electron chi connectivity index (χ2n) is 4.38. The highest BCUT2D eigenvalue weighted by atomic mass is 16.6. The highest BCUT2D eigenvalue weighted by Gasteiger charge is 2.23. The van der Waals surface area contributed by atoms with Crippen LogP contribution in [0.5, 0.6) is 17.2 Å². The molecular weight excluding hydrogens is 242 g/mol. The smallest absolute Gasteiger partial charge is 0.169 e. The Labute approximate surface area is 111 Å². The van der Waals surface area contributed by atoms with Gasteiger partial charge in [0, 0.05) is 5.69 Å². The summed E-state index contributed by atoms with van der Waals surface area (Å²) >= 11 is 0. The maximum atomic E-state index is 5.80. The molecule has 1 saturated heterocycles. The number of hydrogen-bond acceptors (Lipinski definition) is 4. The van der Waals surface area contributed by atoms with Gasteiger partial charge in [0.25, 0.3) is 0 Å². The molecule has 2 N–H and O–H groups in total. The number of ether oxygens (including phenoxy) is 3. The molecule has 19 heavy (non-hydrogen) atoms. The average Bonchev–Trinajstić information content (AvgIpc) is 3.25. The Balaban J connectivity index is 1.73. The fourth-order valence-electron chi connectivity index (χ4n) is 1.66. The maximum Gasteiger partial charge on any atom is 0.169 e. The van der Waals surface area contributed by atoms with E-state index in [4.69, 9.17) is 19.9 Å². The Morgan fingerprint density at radius 2 is 1.74 bits per heavy atom. The zero-order valence-corrected chi connectivity index (χ0v) is 10.4. The van der Waals surface area contributed by atoms with Crippen LogP contribution in [0.2, 0.25) is 0 Å². The largest absolute Gasteiger partial charge is 0.487 e. The molecule has 1 heterocycles. The molecule has 0 bridgehead atoms. The Morgan fingerprint density at radius 1 is 1.05 bits per heavy atom. The monoisotopic (exact) mass is 257 g/mol. The fraction of sp³-hybridized carbons (Fsp3) is 0.200. The predicted molar refractivity (Wildman–Crippen MR) is 72.6 cm³/mol. The van der Waals surface area contributed by atoms with Crippen molar-refractivity contribution in [2.24, 2.45) is 0 Å². The van der Waals surface area contributed by atoms with Gasteiger partial charge >= 0.3 is 0 Å². The molecule has 98 valence electrons. The van der Waals surface area contributed by atoms with Gasteiger partial charge < -0.3 is 19.9 Å². The summed E-state index contributed by atoms with van der Waals surface area (Å²) in [4.78, 5) is 0. The first-order chi connectivity index (χ1) is 9.31. The van der Waals surface area contributed by atoms with Crippen molar-refractivity contribution in [3.63, 3.8) is 0 Å². The maximum absolute atomic E-state index is 5.80. The number of epoxide rings is 1. The van der Waals surface area contributed by atoms with E-state index in [9.17, 15) is 0 Å². The van der Waals surface area contributed by atoms with E-state index in [0.717, 1.165) is 18.1 Å². The van der Waals surface area contributed by atoms with Crippen LogP contribution in [0.1, 0.15) is 0 Å². The Kier molecular flexibility index (Phi) is 3.25. The lowest BCUT2D eigenvalue weighted by molar-refractivity contribution is 0.255. The zero-order valence-electron chi connectivity index (χ0n) is 10.4. The highest BCUT2D eigenvalue weighted by molar-refractivity contribution is 5.46. The van der Waals surface area contributed by atoms with Gasteiger partial charge in [-0.25, -0.2) is 0 Å². The summed E-state index contributed by atoms with van der Waals surface area (Å²) < 4.78 is 16.6. The van der Waals surface area contributed by atoms with Crippen molar-refractivity contribution >= 4 is 5.69 Å². The van der Waals surface area contributed by atoms with Crippen LogP contribution in [0.15, 0.2) is 48.5 Å². The second-order valence-corrected chi connectivity index (χ2v) is 4.38. The SMILES string of the molecule is Nc1ccc(Oc2ccccc2OCC2CO2)cc1. The van der Waals surface area contributed by atoms with E-state index in [-0.39, 0.29) is 6.10 Å². The second kappa shape index (κ2) is 5.20. The van der Waals surface area contributed by atoms with Gasteiger partial charge in [-0.1, -0.05) is 12.1 Å². The summed E-state index contributed by atoms with van der Waals surface area (Å²) in [7, 11) is 0. The third kappa shape index (κ3) is 3.17. The Morgan fingerprint density at radius 3 is 2.42 bits per heavy atom. The van der Waals surface area contributed by atoms with E-state index in [1.807, 2.05) is 36.4 Å². The Bertz CT molecular complexity index is 550. The standard InChI is InChI=1S/C15H15NO3/c16-11-5-7-12(8-6-11)19-15-4-2-1-3-14(15)18-10-13-9-17-13/h1-8,13H,9-10,16H2. The van der Waals surface area contributed by atoms with Gasteiger partial charge in [-0.2, -0.15) is 0 Å². The number of rotatable bonds is 5. The quantitative estimate of drug-likeness (QED) is 0.661. The van der Waals surface area contributed by atoms with Crippen LogP contribution in [0.3, 0.4) is 0 Å². The number of nitrogen functional groups attached to an aromatic ring is 1. The van der Waals surface area contributed by atoms with Crippen molar-refractivity contribution in [3.8, 4) is 17.2 Å². The molecule has 0 spiro atoms. The van der Waals surface area contributed by atoms with Crippen molar-refractivity contribution in [2.45, 2.75) is 6.10 Å². The lowest BCUT2D eigenvalue weighted by Gasteiger charge is -2.11. The molecule has 4 nitrogen and oxygen atoms in total.